The van der Waals surface area contributed by atoms with E-state index in [-0.39, 0.29) is 24.5 Å². The fraction of sp³-hybridized carbons (Fsp3) is 0.586. The Morgan fingerprint density at radius 3 is 2.43 bits per heavy atom. The number of nitrogens with zero attached hydrogens (tertiary/aromatic N) is 2. The number of hydrogen-bond acceptors (Lipinski definition) is 4. The van der Waals surface area contributed by atoms with Crippen molar-refractivity contribution >= 4 is 23.2 Å². The third kappa shape index (κ3) is 9.42. The molecule has 1 aromatic carbocycles. The Kier molecular flexibility index (Phi) is 11.8. The topological polar surface area (TPSA) is 49.9 Å². The van der Waals surface area contributed by atoms with Crippen LogP contribution in [0.25, 0.3) is 0 Å². The van der Waals surface area contributed by atoms with Crippen LogP contribution >= 0.6 is 11.3 Å². The number of hydrogen-bond donors (Lipinski definition) is 0. The van der Waals surface area contributed by atoms with E-state index in [2.05, 4.69) is 37.4 Å². The molecule has 1 saturated heterocycles. The lowest BCUT2D eigenvalue weighted by atomic mass is 10.1. The van der Waals surface area contributed by atoms with Crippen LogP contribution in [0, 0.1) is 6.92 Å². The van der Waals surface area contributed by atoms with Gasteiger partial charge in [-0.3, -0.25) is 9.59 Å². The molecule has 0 bridgehead atoms. The quantitative estimate of drug-likeness (QED) is 0.269. The Labute approximate surface area is 215 Å². The highest BCUT2D eigenvalue weighted by atomic mass is 32.1. The molecule has 2 amide bonds. The van der Waals surface area contributed by atoms with Gasteiger partial charge < -0.3 is 14.5 Å². The maximum absolute atomic E-state index is 13.6. The molecule has 0 spiro atoms. The highest BCUT2D eigenvalue weighted by molar-refractivity contribution is 7.10. The Balaban J connectivity index is 1.65. The largest absolute Gasteiger partial charge is 0.376 e. The van der Waals surface area contributed by atoms with Gasteiger partial charge in [-0.2, -0.15) is 0 Å². The first-order valence-electron chi connectivity index (χ1n) is 13.3. The molecule has 1 unspecified atom stereocenters. The van der Waals surface area contributed by atoms with Gasteiger partial charge in [0.15, 0.2) is 0 Å². The monoisotopic (exact) mass is 498 g/mol. The third-order valence-corrected chi connectivity index (χ3v) is 7.75. The van der Waals surface area contributed by atoms with Gasteiger partial charge in [-0.25, -0.2) is 0 Å². The van der Waals surface area contributed by atoms with Crippen molar-refractivity contribution in [3.63, 3.8) is 0 Å². The first-order chi connectivity index (χ1) is 17.1. The lowest BCUT2D eigenvalue weighted by Crippen LogP contribution is -2.45. The smallest absolute Gasteiger partial charge is 0.242 e. The minimum atomic E-state index is -0.00375. The summed E-state index contributed by atoms with van der Waals surface area (Å²) < 4.78 is 5.83. The molecule has 35 heavy (non-hydrogen) atoms. The summed E-state index contributed by atoms with van der Waals surface area (Å²) >= 11 is 1.68. The van der Waals surface area contributed by atoms with E-state index in [0.29, 0.717) is 26.1 Å². The number of unbranched alkanes of at least 4 members (excludes halogenated alkanes) is 5. The minimum Gasteiger partial charge on any atom is -0.376 e. The summed E-state index contributed by atoms with van der Waals surface area (Å²) in [5.74, 6) is 0.0762. The molecule has 3 rings (SSSR count). The first-order valence-corrected chi connectivity index (χ1v) is 14.2. The maximum atomic E-state index is 13.6. The average Bonchev–Trinajstić information content (AvgIpc) is 3.52. The van der Waals surface area contributed by atoms with Crippen LogP contribution in [0.3, 0.4) is 0 Å². The molecule has 5 nitrogen and oxygen atoms in total. The SMILES string of the molecule is CCCCCCCCC(=O)N(CC(=O)N(Cc1ccccc1)Cc1sccc1C)CC1CCCO1. The van der Waals surface area contributed by atoms with Crippen molar-refractivity contribution in [2.24, 2.45) is 0 Å². The second-order valence-corrected chi connectivity index (χ2v) is 10.7. The van der Waals surface area contributed by atoms with Gasteiger partial charge in [0, 0.05) is 31.0 Å². The number of amides is 2. The van der Waals surface area contributed by atoms with E-state index in [4.69, 9.17) is 4.74 Å². The van der Waals surface area contributed by atoms with Crippen LogP contribution in [0.1, 0.15) is 80.7 Å². The predicted octanol–water partition coefficient (Wildman–Crippen LogP) is 6.34. The van der Waals surface area contributed by atoms with Crippen LogP contribution in [0.15, 0.2) is 41.8 Å². The molecule has 1 aliphatic heterocycles. The molecule has 2 aromatic rings. The lowest BCUT2D eigenvalue weighted by Gasteiger charge is -2.29. The van der Waals surface area contributed by atoms with Gasteiger partial charge in [0.25, 0.3) is 0 Å². The van der Waals surface area contributed by atoms with Gasteiger partial charge in [0.1, 0.15) is 0 Å². The molecule has 2 heterocycles. The molecule has 0 N–H and O–H groups in total. The van der Waals surface area contributed by atoms with Gasteiger partial charge in [0.2, 0.25) is 11.8 Å². The van der Waals surface area contributed by atoms with Crippen molar-refractivity contribution in [3.05, 3.63) is 57.8 Å². The Morgan fingerprint density at radius 1 is 0.971 bits per heavy atom. The molecule has 0 radical (unpaired) electrons. The first kappa shape index (κ1) is 27.4. The summed E-state index contributed by atoms with van der Waals surface area (Å²) in [6.07, 6.45) is 9.39. The number of rotatable bonds is 15. The van der Waals surface area contributed by atoms with Crippen LogP contribution in [0.5, 0.6) is 0 Å². The van der Waals surface area contributed by atoms with Gasteiger partial charge in [-0.05, 0) is 48.8 Å². The normalized spacial score (nSPS) is 15.3. The van der Waals surface area contributed by atoms with Crippen molar-refractivity contribution in [3.8, 4) is 0 Å². The summed E-state index contributed by atoms with van der Waals surface area (Å²) in [5, 5.41) is 2.07. The number of ether oxygens (including phenoxy) is 1. The van der Waals surface area contributed by atoms with E-state index in [9.17, 15) is 9.59 Å². The number of thiophene rings is 1. The molecular formula is C29H42N2O3S. The highest BCUT2D eigenvalue weighted by Gasteiger charge is 2.26. The number of aryl methyl sites for hydroxylation is 1. The summed E-state index contributed by atoms with van der Waals surface area (Å²) in [5.41, 5.74) is 2.30. The van der Waals surface area contributed by atoms with Crippen LogP contribution in [-0.4, -0.2) is 47.4 Å². The zero-order chi connectivity index (χ0) is 24.9. The fourth-order valence-corrected chi connectivity index (χ4v) is 5.46. The second-order valence-electron chi connectivity index (χ2n) is 9.69. The molecular weight excluding hydrogens is 456 g/mol. The number of benzene rings is 1. The Hall–Kier alpha value is -2.18. The van der Waals surface area contributed by atoms with Crippen LogP contribution in [-0.2, 0) is 27.4 Å². The van der Waals surface area contributed by atoms with Gasteiger partial charge >= 0.3 is 0 Å². The van der Waals surface area contributed by atoms with Gasteiger partial charge in [-0.15, -0.1) is 11.3 Å². The summed E-state index contributed by atoms with van der Waals surface area (Å²) in [6.45, 7) is 6.78. The van der Waals surface area contributed by atoms with Crippen molar-refractivity contribution in [2.45, 2.75) is 90.8 Å². The van der Waals surface area contributed by atoms with Crippen molar-refractivity contribution in [1.82, 2.24) is 9.80 Å². The van der Waals surface area contributed by atoms with Crippen molar-refractivity contribution in [2.75, 3.05) is 19.7 Å². The molecule has 6 heteroatoms. The van der Waals surface area contributed by atoms with Gasteiger partial charge in [0.05, 0.1) is 19.2 Å². The Morgan fingerprint density at radius 2 is 1.74 bits per heavy atom. The second kappa shape index (κ2) is 15.0. The standard InChI is InChI=1S/C29H42N2O3S/c1-3-4-5-6-7-11-16-28(32)31(21-26-15-12-18-34-26)23-29(33)30(20-25-13-9-8-10-14-25)22-27-24(2)17-19-35-27/h8-10,13-14,17,19,26H,3-7,11-12,15-16,18,20-23H2,1-2H3. The van der Waals surface area contributed by atoms with E-state index in [1.807, 2.05) is 23.1 Å². The predicted molar refractivity (Wildman–Crippen MR) is 143 cm³/mol. The maximum Gasteiger partial charge on any atom is 0.242 e. The summed E-state index contributed by atoms with van der Waals surface area (Å²) in [4.78, 5) is 31.7. The van der Waals surface area contributed by atoms with E-state index in [0.717, 1.165) is 37.9 Å². The van der Waals surface area contributed by atoms with E-state index in [1.165, 1.54) is 36.1 Å². The van der Waals surface area contributed by atoms with Gasteiger partial charge in [-0.1, -0.05) is 69.4 Å². The molecule has 192 valence electrons. The average molecular weight is 499 g/mol. The Bertz CT molecular complexity index is 892. The summed E-state index contributed by atoms with van der Waals surface area (Å²) in [6, 6.07) is 12.2. The lowest BCUT2D eigenvalue weighted by molar-refractivity contribution is -0.142. The number of carbonyl (C=O) groups excluding carboxylic acids is 2. The molecule has 1 fully saturated rings. The van der Waals surface area contributed by atoms with Crippen LogP contribution < -0.4 is 0 Å². The minimum absolute atomic E-state index is 0.00375. The van der Waals surface area contributed by atoms with Crippen LogP contribution in [0.4, 0.5) is 0 Å². The van der Waals surface area contributed by atoms with E-state index >= 15 is 0 Å². The van der Waals surface area contributed by atoms with Crippen molar-refractivity contribution in [1.29, 1.82) is 0 Å². The van der Waals surface area contributed by atoms with Crippen LogP contribution in [0.2, 0.25) is 0 Å². The molecule has 0 saturated carbocycles. The zero-order valence-electron chi connectivity index (χ0n) is 21.5. The fourth-order valence-electron chi connectivity index (χ4n) is 4.54. The molecule has 1 atom stereocenters. The molecule has 1 aliphatic rings. The summed E-state index contributed by atoms with van der Waals surface area (Å²) in [7, 11) is 0. The van der Waals surface area contributed by atoms with E-state index in [1.54, 1.807) is 16.2 Å². The van der Waals surface area contributed by atoms with Crippen molar-refractivity contribution < 1.29 is 14.3 Å². The highest BCUT2D eigenvalue weighted by Crippen LogP contribution is 2.21. The number of carbonyl (C=O) groups is 2. The van der Waals surface area contributed by atoms with E-state index < -0.39 is 0 Å². The third-order valence-electron chi connectivity index (χ3n) is 6.74. The molecule has 1 aromatic heterocycles. The molecule has 0 aliphatic carbocycles. The zero-order valence-corrected chi connectivity index (χ0v) is 22.4.